The van der Waals surface area contributed by atoms with Crippen LogP contribution in [0, 0.1) is 0 Å². The molecule has 0 bridgehead atoms. The molecule has 0 rings (SSSR count). The molecule has 2 radical (unpaired) electrons. The van der Waals surface area contributed by atoms with E-state index in [1.807, 2.05) is 0 Å². The smallest absolute Gasteiger partial charge is 0.373 e. The Morgan fingerprint density at radius 1 is 1.50 bits per heavy atom. The van der Waals surface area contributed by atoms with Crippen LogP contribution in [0.25, 0.3) is 0 Å². The zero-order valence-corrected chi connectivity index (χ0v) is 6.89. The van der Waals surface area contributed by atoms with Gasteiger partial charge in [-0.1, -0.05) is 20.3 Å². The molecule has 0 saturated heterocycles. The number of allylic oxidation sites excluding steroid dienone is 1. The van der Waals surface area contributed by atoms with E-state index in [1.54, 1.807) is 6.26 Å². The van der Waals surface area contributed by atoms with Crippen LogP contribution in [0.1, 0.15) is 39.5 Å². The van der Waals surface area contributed by atoms with Gasteiger partial charge in [0.15, 0.2) is 0 Å². The Morgan fingerprint density at radius 3 is 2.60 bits per heavy atom. The highest BCUT2D eigenvalue weighted by atomic mass is 16.4. The van der Waals surface area contributed by atoms with Crippen molar-refractivity contribution >= 4 is 8.05 Å². The Bertz CT molecular complexity index is 99.4. The van der Waals surface area contributed by atoms with Crippen molar-refractivity contribution in [3.05, 3.63) is 11.8 Å². The zero-order valence-electron chi connectivity index (χ0n) is 6.89. The number of hydrogen-bond donors (Lipinski definition) is 0. The summed E-state index contributed by atoms with van der Waals surface area (Å²) in [4.78, 5) is 0. The lowest BCUT2D eigenvalue weighted by atomic mass is 10.1. The van der Waals surface area contributed by atoms with Crippen molar-refractivity contribution in [3.8, 4) is 0 Å². The SMILES string of the molecule is [B]OC=C(CC)CCCC. The van der Waals surface area contributed by atoms with Gasteiger partial charge in [-0.05, 0) is 24.8 Å². The second-order valence-corrected chi connectivity index (χ2v) is 2.37. The summed E-state index contributed by atoms with van der Waals surface area (Å²) in [5.74, 6) is 0. The number of rotatable bonds is 5. The average Bonchev–Trinajstić information content (AvgIpc) is 1.98. The summed E-state index contributed by atoms with van der Waals surface area (Å²) < 4.78 is 4.43. The molecule has 0 fully saturated rings. The molecule has 1 nitrogen and oxygen atoms in total. The van der Waals surface area contributed by atoms with Gasteiger partial charge < -0.3 is 4.65 Å². The predicted molar refractivity (Wildman–Crippen MR) is 44.7 cm³/mol. The summed E-state index contributed by atoms with van der Waals surface area (Å²) in [6.45, 7) is 4.29. The van der Waals surface area contributed by atoms with Crippen molar-refractivity contribution in [1.82, 2.24) is 0 Å². The first-order chi connectivity index (χ1) is 4.85. The van der Waals surface area contributed by atoms with Crippen molar-refractivity contribution in [2.24, 2.45) is 0 Å². The standard InChI is InChI=1S/C8H15BO/c1-3-5-6-8(4-2)7-10-9/h7H,3-6H2,1-2H3. The molecule has 0 N–H and O–H groups in total. The molecule has 0 heterocycles. The molecule has 10 heavy (non-hydrogen) atoms. The van der Waals surface area contributed by atoms with Crippen LogP contribution in [0.3, 0.4) is 0 Å². The molecule has 0 aliphatic heterocycles. The molecule has 0 aliphatic carbocycles. The molecule has 0 spiro atoms. The minimum Gasteiger partial charge on any atom is -0.573 e. The van der Waals surface area contributed by atoms with Crippen molar-refractivity contribution < 1.29 is 4.65 Å². The van der Waals surface area contributed by atoms with E-state index in [-0.39, 0.29) is 0 Å². The van der Waals surface area contributed by atoms with Crippen molar-refractivity contribution in [1.29, 1.82) is 0 Å². The molecule has 0 aromatic carbocycles. The Labute approximate surface area is 64.9 Å². The molecule has 0 aliphatic rings. The summed E-state index contributed by atoms with van der Waals surface area (Å²) in [7, 11) is 4.90. The Hall–Kier alpha value is -0.395. The van der Waals surface area contributed by atoms with Gasteiger partial charge in [-0.3, -0.25) is 0 Å². The third-order valence-corrected chi connectivity index (χ3v) is 1.54. The largest absolute Gasteiger partial charge is 0.573 e. The van der Waals surface area contributed by atoms with E-state index < -0.39 is 0 Å². The molecule has 2 heteroatoms. The second-order valence-electron chi connectivity index (χ2n) is 2.37. The lowest BCUT2D eigenvalue weighted by Crippen LogP contribution is -1.83. The van der Waals surface area contributed by atoms with E-state index >= 15 is 0 Å². The first kappa shape index (κ1) is 9.60. The molecular weight excluding hydrogens is 123 g/mol. The predicted octanol–water partition coefficient (Wildman–Crippen LogP) is 2.57. The monoisotopic (exact) mass is 138 g/mol. The van der Waals surface area contributed by atoms with Crippen LogP contribution in [-0.4, -0.2) is 8.05 Å². The summed E-state index contributed by atoms with van der Waals surface area (Å²) in [5.41, 5.74) is 1.30. The molecule has 0 amide bonds. The Balaban J connectivity index is 3.49. The maximum absolute atomic E-state index is 4.90. The van der Waals surface area contributed by atoms with Crippen LogP contribution in [0.5, 0.6) is 0 Å². The van der Waals surface area contributed by atoms with Gasteiger partial charge in [0, 0.05) is 0 Å². The topological polar surface area (TPSA) is 9.23 Å². The summed E-state index contributed by atoms with van der Waals surface area (Å²) in [6, 6.07) is 0. The maximum atomic E-state index is 4.90. The quantitative estimate of drug-likeness (QED) is 0.419. The molecule has 0 saturated carbocycles. The third-order valence-electron chi connectivity index (χ3n) is 1.54. The highest BCUT2D eigenvalue weighted by Crippen LogP contribution is 2.10. The number of unbranched alkanes of at least 4 members (excludes halogenated alkanes) is 1. The van der Waals surface area contributed by atoms with E-state index in [0.29, 0.717) is 0 Å². The maximum Gasteiger partial charge on any atom is 0.373 e. The molecule has 0 atom stereocenters. The minimum absolute atomic E-state index is 1.04. The Kier molecular flexibility index (Phi) is 6.46. The van der Waals surface area contributed by atoms with Crippen LogP contribution < -0.4 is 0 Å². The number of hydrogen-bond acceptors (Lipinski definition) is 1. The van der Waals surface area contributed by atoms with Crippen LogP contribution in [0.4, 0.5) is 0 Å². The third kappa shape index (κ3) is 4.48. The lowest BCUT2D eigenvalue weighted by molar-refractivity contribution is 0.519. The normalized spacial score (nSPS) is 11.6. The molecule has 0 aromatic heterocycles. The van der Waals surface area contributed by atoms with Gasteiger partial charge in [-0.15, -0.1) is 0 Å². The van der Waals surface area contributed by atoms with Gasteiger partial charge in [0.1, 0.15) is 0 Å². The van der Waals surface area contributed by atoms with Gasteiger partial charge in [0.05, 0.1) is 6.26 Å². The van der Waals surface area contributed by atoms with Crippen molar-refractivity contribution in [2.75, 3.05) is 0 Å². The van der Waals surface area contributed by atoms with Crippen LogP contribution >= 0.6 is 0 Å². The zero-order chi connectivity index (χ0) is 7.82. The molecule has 0 aromatic rings. The van der Waals surface area contributed by atoms with Crippen molar-refractivity contribution in [3.63, 3.8) is 0 Å². The first-order valence-electron chi connectivity index (χ1n) is 3.88. The molecule has 56 valence electrons. The molecule has 0 unspecified atom stereocenters. The fourth-order valence-corrected chi connectivity index (χ4v) is 0.819. The van der Waals surface area contributed by atoms with Crippen LogP contribution in [0.2, 0.25) is 0 Å². The average molecular weight is 138 g/mol. The summed E-state index contributed by atoms with van der Waals surface area (Å²) >= 11 is 0. The van der Waals surface area contributed by atoms with Gasteiger partial charge in [-0.2, -0.15) is 0 Å². The minimum atomic E-state index is 1.04. The van der Waals surface area contributed by atoms with E-state index in [1.165, 1.54) is 18.4 Å². The van der Waals surface area contributed by atoms with Gasteiger partial charge >= 0.3 is 8.05 Å². The van der Waals surface area contributed by atoms with Gasteiger partial charge in [0.25, 0.3) is 0 Å². The Morgan fingerprint density at radius 2 is 2.20 bits per heavy atom. The summed E-state index contributed by atoms with van der Waals surface area (Å²) in [6.07, 6.45) is 6.25. The fourth-order valence-electron chi connectivity index (χ4n) is 0.819. The summed E-state index contributed by atoms with van der Waals surface area (Å²) in [5, 5.41) is 0. The highest BCUT2D eigenvalue weighted by Gasteiger charge is 1.91. The van der Waals surface area contributed by atoms with Crippen LogP contribution in [-0.2, 0) is 4.65 Å². The van der Waals surface area contributed by atoms with Gasteiger partial charge in [-0.25, -0.2) is 0 Å². The van der Waals surface area contributed by atoms with E-state index in [0.717, 1.165) is 12.8 Å². The van der Waals surface area contributed by atoms with E-state index in [2.05, 4.69) is 18.5 Å². The molecular formula is C8H15BO. The van der Waals surface area contributed by atoms with E-state index in [4.69, 9.17) is 8.05 Å². The van der Waals surface area contributed by atoms with Crippen molar-refractivity contribution in [2.45, 2.75) is 39.5 Å². The lowest BCUT2D eigenvalue weighted by Gasteiger charge is -2.01. The van der Waals surface area contributed by atoms with E-state index in [9.17, 15) is 0 Å². The highest BCUT2D eigenvalue weighted by molar-refractivity contribution is 5.98. The first-order valence-corrected chi connectivity index (χ1v) is 3.88. The fraction of sp³-hybridized carbons (Fsp3) is 0.750. The van der Waals surface area contributed by atoms with Crippen LogP contribution in [0.15, 0.2) is 11.8 Å². The van der Waals surface area contributed by atoms with Gasteiger partial charge in [0.2, 0.25) is 0 Å². The second kappa shape index (κ2) is 6.72.